The van der Waals surface area contributed by atoms with Gasteiger partial charge in [0.15, 0.2) is 0 Å². The van der Waals surface area contributed by atoms with Crippen LogP contribution in [0, 0.1) is 18.3 Å². The first kappa shape index (κ1) is 18.2. The van der Waals surface area contributed by atoms with Crippen LogP contribution in [0.1, 0.15) is 29.9 Å². The number of aryl methyl sites for hydroxylation is 1. The van der Waals surface area contributed by atoms with Gasteiger partial charge in [0.1, 0.15) is 11.5 Å². The monoisotopic (exact) mass is 374 g/mol. The molecule has 0 amide bonds. The summed E-state index contributed by atoms with van der Waals surface area (Å²) in [4.78, 5) is 5.20. The van der Waals surface area contributed by atoms with Crippen molar-refractivity contribution in [3.63, 3.8) is 0 Å². The molecule has 26 heavy (non-hydrogen) atoms. The first-order chi connectivity index (χ1) is 12.7. The number of methoxy groups -OCH3 is 1. The van der Waals surface area contributed by atoms with Crippen molar-refractivity contribution in [2.75, 3.05) is 39.9 Å². The molecule has 2 saturated heterocycles. The molecular formula is C21H30N2O2S. The Morgan fingerprint density at radius 2 is 2.04 bits per heavy atom. The summed E-state index contributed by atoms with van der Waals surface area (Å²) in [5, 5.41) is 4.47. The molecular weight excluding hydrogens is 344 g/mol. The largest absolute Gasteiger partial charge is 0.465 e. The van der Waals surface area contributed by atoms with E-state index in [0.29, 0.717) is 11.3 Å². The van der Waals surface area contributed by atoms with Crippen molar-refractivity contribution in [3.05, 3.63) is 46.0 Å². The first-order valence-corrected chi connectivity index (χ1v) is 10.6. The Balaban J connectivity index is 1.38. The second kappa shape index (κ2) is 7.85. The molecule has 0 radical (unpaired) electrons. The highest BCUT2D eigenvalue weighted by molar-refractivity contribution is 7.07. The van der Waals surface area contributed by atoms with E-state index in [1.54, 1.807) is 11.3 Å². The third-order valence-electron chi connectivity index (χ3n) is 6.26. The molecule has 0 N–H and O–H groups in total. The third-order valence-corrected chi connectivity index (χ3v) is 7.00. The Kier molecular flexibility index (Phi) is 5.50. The van der Waals surface area contributed by atoms with E-state index in [9.17, 15) is 0 Å². The average molecular weight is 375 g/mol. The highest BCUT2D eigenvalue weighted by Crippen LogP contribution is 2.45. The summed E-state index contributed by atoms with van der Waals surface area (Å²) in [6.07, 6.45) is 2.53. The van der Waals surface area contributed by atoms with Crippen molar-refractivity contribution >= 4 is 11.3 Å². The van der Waals surface area contributed by atoms with Gasteiger partial charge in [-0.25, -0.2) is 0 Å². The van der Waals surface area contributed by atoms with Crippen molar-refractivity contribution in [1.82, 2.24) is 9.80 Å². The number of ether oxygens (including phenoxy) is 1. The van der Waals surface area contributed by atoms with Crippen LogP contribution in [0.3, 0.4) is 0 Å². The predicted octanol–water partition coefficient (Wildman–Crippen LogP) is 4.01. The molecule has 0 saturated carbocycles. The summed E-state index contributed by atoms with van der Waals surface area (Å²) in [5.41, 5.74) is 1.87. The second-order valence-corrected chi connectivity index (χ2v) is 8.88. The molecule has 2 fully saturated rings. The van der Waals surface area contributed by atoms with Crippen molar-refractivity contribution in [2.45, 2.75) is 32.9 Å². The van der Waals surface area contributed by atoms with Crippen molar-refractivity contribution < 1.29 is 9.15 Å². The number of furan rings is 1. The molecule has 5 heteroatoms. The molecule has 4 heterocycles. The number of nitrogens with zero attached hydrogens (tertiary/aromatic N) is 2. The molecule has 2 aliphatic heterocycles. The first-order valence-electron chi connectivity index (χ1n) is 9.67. The number of hydrogen-bond acceptors (Lipinski definition) is 5. The van der Waals surface area contributed by atoms with E-state index in [1.807, 2.05) is 14.0 Å². The van der Waals surface area contributed by atoms with Crippen LogP contribution < -0.4 is 0 Å². The normalized spacial score (nSPS) is 23.8. The molecule has 1 spiro atoms. The van der Waals surface area contributed by atoms with Crippen LogP contribution in [0.2, 0.25) is 0 Å². The minimum atomic E-state index is 0.418. The molecule has 1 atom stereocenters. The fraction of sp³-hybridized carbons (Fsp3) is 0.619. The number of rotatable bonds is 6. The highest BCUT2D eigenvalue weighted by Gasteiger charge is 2.47. The minimum absolute atomic E-state index is 0.418. The van der Waals surface area contributed by atoms with E-state index in [-0.39, 0.29) is 0 Å². The summed E-state index contributed by atoms with van der Waals surface area (Å²) < 4.78 is 11.4. The van der Waals surface area contributed by atoms with Crippen molar-refractivity contribution in [2.24, 2.45) is 11.3 Å². The Morgan fingerprint density at radius 1 is 1.19 bits per heavy atom. The van der Waals surface area contributed by atoms with Gasteiger partial charge in [0, 0.05) is 32.7 Å². The summed E-state index contributed by atoms with van der Waals surface area (Å²) in [5.74, 6) is 2.75. The molecule has 142 valence electrons. The number of hydrogen-bond donors (Lipinski definition) is 0. The number of piperidine rings is 1. The zero-order valence-electron chi connectivity index (χ0n) is 15.9. The Bertz CT molecular complexity index is 689. The second-order valence-electron chi connectivity index (χ2n) is 8.10. The van der Waals surface area contributed by atoms with Gasteiger partial charge in [-0.3, -0.25) is 9.80 Å². The van der Waals surface area contributed by atoms with Crippen LogP contribution in [0.15, 0.2) is 33.4 Å². The van der Waals surface area contributed by atoms with Gasteiger partial charge in [-0.15, -0.1) is 0 Å². The van der Waals surface area contributed by atoms with Crippen LogP contribution in [0.25, 0.3) is 0 Å². The van der Waals surface area contributed by atoms with Crippen LogP contribution in [0.4, 0.5) is 0 Å². The van der Waals surface area contributed by atoms with Crippen LogP contribution in [-0.2, 0) is 17.8 Å². The minimum Gasteiger partial charge on any atom is -0.465 e. The maximum absolute atomic E-state index is 5.77. The van der Waals surface area contributed by atoms with Crippen LogP contribution in [0.5, 0.6) is 0 Å². The quantitative estimate of drug-likeness (QED) is 0.764. The lowest BCUT2D eigenvalue weighted by atomic mass is 9.71. The fourth-order valence-electron chi connectivity index (χ4n) is 4.85. The smallest absolute Gasteiger partial charge is 0.118 e. The average Bonchev–Trinajstić information content (AvgIpc) is 3.34. The van der Waals surface area contributed by atoms with E-state index in [1.165, 1.54) is 31.5 Å². The van der Waals surface area contributed by atoms with E-state index in [0.717, 1.165) is 44.3 Å². The third kappa shape index (κ3) is 3.91. The SMILES string of the molecule is COC[C@@H]1CN(Cc2ccsc2)CC12CCN(Cc1ccc(C)o1)CC2. The van der Waals surface area contributed by atoms with Gasteiger partial charge < -0.3 is 9.15 Å². The van der Waals surface area contributed by atoms with Gasteiger partial charge in [-0.05, 0) is 72.8 Å². The zero-order valence-corrected chi connectivity index (χ0v) is 16.8. The summed E-state index contributed by atoms with van der Waals surface area (Å²) >= 11 is 1.80. The van der Waals surface area contributed by atoms with Gasteiger partial charge in [-0.2, -0.15) is 11.3 Å². The maximum Gasteiger partial charge on any atom is 0.118 e. The van der Waals surface area contributed by atoms with Crippen LogP contribution in [-0.4, -0.2) is 49.7 Å². The topological polar surface area (TPSA) is 28.9 Å². The van der Waals surface area contributed by atoms with E-state index < -0.39 is 0 Å². The van der Waals surface area contributed by atoms with Gasteiger partial charge in [0.2, 0.25) is 0 Å². The molecule has 2 aliphatic rings. The summed E-state index contributed by atoms with van der Waals surface area (Å²) in [7, 11) is 1.85. The molecule has 0 aliphatic carbocycles. The maximum atomic E-state index is 5.77. The number of likely N-dealkylation sites (tertiary alicyclic amines) is 2. The summed E-state index contributed by atoms with van der Waals surface area (Å²) in [6.45, 7) is 9.63. The lowest BCUT2D eigenvalue weighted by Gasteiger charge is -2.42. The van der Waals surface area contributed by atoms with Crippen molar-refractivity contribution in [1.29, 1.82) is 0 Å². The van der Waals surface area contributed by atoms with Gasteiger partial charge in [0.25, 0.3) is 0 Å². The standard InChI is InChI=1S/C21H30N2O2S/c1-17-3-4-20(25-17)13-22-8-6-21(7-9-22)16-23(12-19(21)14-24-2)11-18-5-10-26-15-18/h3-5,10,15,19H,6-9,11-14,16H2,1-2H3/t19-/m0/s1. The lowest BCUT2D eigenvalue weighted by Crippen LogP contribution is -2.44. The molecule has 4 nitrogen and oxygen atoms in total. The Hall–Kier alpha value is -1.14. The predicted molar refractivity (Wildman–Crippen MR) is 105 cm³/mol. The number of thiophene rings is 1. The summed E-state index contributed by atoms with van der Waals surface area (Å²) in [6, 6.07) is 6.44. The van der Waals surface area contributed by atoms with Crippen molar-refractivity contribution in [3.8, 4) is 0 Å². The molecule has 0 unspecified atom stereocenters. The molecule has 2 aromatic rings. The van der Waals surface area contributed by atoms with E-state index in [4.69, 9.17) is 9.15 Å². The lowest BCUT2D eigenvalue weighted by molar-refractivity contribution is 0.0331. The molecule has 2 aromatic heterocycles. The molecule has 0 aromatic carbocycles. The highest BCUT2D eigenvalue weighted by atomic mass is 32.1. The van der Waals surface area contributed by atoms with E-state index >= 15 is 0 Å². The van der Waals surface area contributed by atoms with E-state index in [2.05, 4.69) is 38.8 Å². The van der Waals surface area contributed by atoms with Crippen LogP contribution >= 0.6 is 11.3 Å². The zero-order chi connectivity index (χ0) is 18.0. The Labute approximate surface area is 160 Å². The fourth-order valence-corrected chi connectivity index (χ4v) is 5.51. The van der Waals surface area contributed by atoms with Gasteiger partial charge in [0.05, 0.1) is 13.2 Å². The van der Waals surface area contributed by atoms with Gasteiger partial charge >= 0.3 is 0 Å². The molecule has 4 rings (SSSR count). The van der Waals surface area contributed by atoms with Gasteiger partial charge in [-0.1, -0.05) is 0 Å². The molecule has 0 bridgehead atoms. The Morgan fingerprint density at radius 3 is 2.69 bits per heavy atom.